The minimum Gasteiger partial charge on any atom is -0.462 e. The Balaban J connectivity index is 2.51. The third-order valence-corrected chi connectivity index (χ3v) is 10.4. The predicted molar refractivity (Wildman–Crippen MR) is 229 cm³/mol. The third kappa shape index (κ3) is 29.5. The van der Waals surface area contributed by atoms with Gasteiger partial charge < -0.3 is 34.3 Å². The molecule has 0 amide bonds. The monoisotopic (exact) mass is 841 g/mol. The number of carbonyl (C=O) groups excluding carboxylic acids is 2. The summed E-state index contributed by atoms with van der Waals surface area (Å²) in [4.78, 5) is 25.3. The summed E-state index contributed by atoms with van der Waals surface area (Å²) in [5.41, 5.74) is 0. The van der Waals surface area contributed by atoms with Crippen LogP contribution in [-0.2, 0) is 38.7 Å². The first-order chi connectivity index (χ1) is 28.0. The Morgan fingerprint density at radius 1 is 0.603 bits per heavy atom. The van der Waals surface area contributed by atoms with Crippen LogP contribution in [0.2, 0.25) is 0 Å². The lowest BCUT2D eigenvalue weighted by atomic mass is 10.00. The quantitative estimate of drug-likeness (QED) is 0.0207. The van der Waals surface area contributed by atoms with Crippen molar-refractivity contribution in [1.82, 2.24) is 0 Å². The molecule has 6 atom stereocenters. The molecule has 0 saturated carbocycles. The highest BCUT2D eigenvalue weighted by Crippen LogP contribution is 2.24. The number of ether oxygens (including phenoxy) is 4. The highest BCUT2D eigenvalue weighted by molar-refractivity contribution is 7.85. The van der Waals surface area contributed by atoms with E-state index in [1.165, 1.54) is 57.8 Å². The summed E-state index contributed by atoms with van der Waals surface area (Å²) in [5, 5.41) is 30.8. The number of rotatable bonds is 35. The predicted octanol–water partition coefficient (Wildman–Crippen LogP) is 8.56. The van der Waals surface area contributed by atoms with Crippen LogP contribution < -0.4 is 0 Å². The van der Waals surface area contributed by atoms with Gasteiger partial charge in [-0.2, -0.15) is 8.42 Å². The van der Waals surface area contributed by atoms with Crippen LogP contribution in [0.3, 0.4) is 0 Å². The summed E-state index contributed by atoms with van der Waals surface area (Å²) < 4.78 is 53.9. The molecule has 1 rings (SSSR count). The fourth-order valence-electron chi connectivity index (χ4n) is 6.24. The van der Waals surface area contributed by atoms with E-state index in [4.69, 9.17) is 18.9 Å². The van der Waals surface area contributed by atoms with Crippen molar-refractivity contribution in [2.45, 2.75) is 192 Å². The van der Waals surface area contributed by atoms with Gasteiger partial charge in [0.2, 0.25) is 0 Å². The molecular weight excluding hydrogens is 765 g/mol. The first-order valence-corrected chi connectivity index (χ1v) is 23.5. The van der Waals surface area contributed by atoms with E-state index in [1.54, 1.807) is 0 Å². The second-order valence-corrected chi connectivity index (χ2v) is 16.5. The molecule has 0 spiro atoms. The van der Waals surface area contributed by atoms with Crippen LogP contribution in [0.4, 0.5) is 0 Å². The van der Waals surface area contributed by atoms with Crippen LogP contribution in [0.25, 0.3) is 0 Å². The van der Waals surface area contributed by atoms with Crippen LogP contribution in [0, 0.1) is 0 Å². The molecule has 1 saturated heterocycles. The maximum atomic E-state index is 12.8. The summed E-state index contributed by atoms with van der Waals surface area (Å²) >= 11 is 0. The van der Waals surface area contributed by atoms with Crippen molar-refractivity contribution >= 4 is 22.1 Å². The Hall–Kier alpha value is -2.65. The van der Waals surface area contributed by atoms with Gasteiger partial charge in [0.1, 0.15) is 36.8 Å². The normalized spacial score (nSPS) is 21.0. The standard InChI is InChI=1S/C45H76O12S/c1-3-5-7-9-11-13-15-17-18-19-20-22-23-25-27-29-31-33-40(46)54-35-38(36-55-45-44(50)43(49)42(48)39(57-45)37-58(51,52)53)56-41(47)34-32-30-28-26-24-21-16-14-12-10-8-6-4-2/h5,7,11,13,17-18,20,22,25,27,38-39,42-45,48-50H,3-4,6,8-10,12,14-16,19,21,23-24,26,28-37H2,1-2H3,(H,51,52,53)/b7-5-,13-11-,18-17-,22-20-,27-25-/t38?,39?,42-,43?,44?,45+/m1/s1. The minimum atomic E-state index is -4.61. The number of carbonyl (C=O) groups is 2. The first-order valence-electron chi connectivity index (χ1n) is 21.8. The molecule has 0 aliphatic carbocycles. The van der Waals surface area contributed by atoms with Gasteiger partial charge in [-0.05, 0) is 51.4 Å². The molecule has 4 N–H and O–H groups in total. The largest absolute Gasteiger partial charge is 0.462 e. The molecule has 0 aromatic heterocycles. The van der Waals surface area contributed by atoms with E-state index in [0.29, 0.717) is 19.3 Å². The molecule has 13 heteroatoms. The molecule has 1 aliphatic rings. The second kappa shape index (κ2) is 35.1. The van der Waals surface area contributed by atoms with Crippen molar-refractivity contribution < 1.29 is 56.8 Å². The van der Waals surface area contributed by atoms with Gasteiger partial charge in [-0.3, -0.25) is 14.1 Å². The highest BCUT2D eigenvalue weighted by atomic mass is 32.2. The zero-order valence-corrected chi connectivity index (χ0v) is 36.2. The zero-order valence-electron chi connectivity index (χ0n) is 35.4. The van der Waals surface area contributed by atoms with Gasteiger partial charge in [0.15, 0.2) is 12.4 Å². The molecule has 4 unspecified atom stereocenters. The van der Waals surface area contributed by atoms with E-state index >= 15 is 0 Å². The van der Waals surface area contributed by atoms with Gasteiger partial charge in [0, 0.05) is 12.8 Å². The fraction of sp³-hybridized carbons (Fsp3) is 0.733. The smallest absolute Gasteiger partial charge is 0.306 e. The average Bonchev–Trinajstić information content (AvgIpc) is 3.18. The van der Waals surface area contributed by atoms with Crippen LogP contribution >= 0.6 is 0 Å². The van der Waals surface area contributed by atoms with Gasteiger partial charge >= 0.3 is 11.9 Å². The molecule has 0 aromatic carbocycles. The number of aliphatic hydroxyl groups excluding tert-OH is 3. The van der Waals surface area contributed by atoms with Gasteiger partial charge in [-0.25, -0.2) is 0 Å². The van der Waals surface area contributed by atoms with E-state index in [-0.39, 0.29) is 19.4 Å². The van der Waals surface area contributed by atoms with E-state index in [9.17, 15) is 37.9 Å². The minimum absolute atomic E-state index is 0.140. The Kier molecular flexibility index (Phi) is 32.3. The second-order valence-electron chi connectivity index (χ2n) is 15.0. The summed E-state index contributed by atoms with van der Waals surface area (Å²) in [6.45, 7) is 3.58. The van der Waals surface area contributed by atoms with Crippen molar-refractivity contribution in [3.63, 3.8) is 0 Å². The van der Waals surface area contributed by atoms with E-state index in [2.05, 4.69) is 62.5 Å². The number of esters is 2. The fourth-order valence-corrected chi connectivity index (χ4v) is 6.93. The highest BCUT2D eigenvalue weighted by Gasteiger charge is 2.46. The first kappa shape index (κ1) is 53.4. The molecule has 0 radical (unpaired) electrons. The van der Waals surface area contributed by atoms with Crippen molar-refractivity contribution in [3.05, 3.63) is 60.8 Å². The zero-order chi connectivity index (χ0) is 42.7. The molecule has 0 bridgehead atoms. The molecule has 12 nitrogen and oxygen atoms in total. The average molecular weight is 841 g/mol. The van der Waals surface area contributed by atoms with Crippen LogP contribution in [0.15, 0.2) is 60.8 Å². The summed E-state index contributed by atoms with van der Waals surface area (Å²) in [7, 11) is -4.61. The van der Waals surface area contributed by atoms with Crippen molar-refractivity contribution in [3.8, 4) is 0 Å². The van der Waals surface area contributed by atoms with Crippen LogP contribution in [-0.4, -0.2) is 96.0 Å². The van der Waals surface area contributed by atoms with Gasteiger partial charge in [-0.1, -0.05) is 152 Å². The Bertz CT molecular complexity index is 1310. The van der Waals surface area contributed by atoms with Crippen LogP contribution in [0.5, 0.6) is 0 Å². The number of hydrogen-bond donors (Lipinski definition) is 4. The Morgan fingerprint density at radius 3 is 1.60 bits per heavy atom. The molecule has 334 valence electrons. The lowest BCUT2D eigenvalue weighted by Gasteiger charge is -2.40. The van der Waals surface area contributed by atoms with Crippen molar-refractivity contribution in [2.24, 2.45) is 0 Å². The van der Waals surface area contributed by atoms with Gasteiger partial charge in [0.25, 0.3) is 10.1 Å². The van der Waals surface area contributed by atoms with E-state index in [0.717, 1.165) is 51.4 Å². The molecule has 58 heavy (non-hydrogen) atoms. The molecule has 1 fully saturated rings. The van der Waals surface area contributed by atoms with Gasteiger partial charge in [0.05, 0.1) is 6.61 Å². The van der Waals surface area contributed by atoms with Crippen LogP contribution in [0.1, 0.15) is 155 Å². The third-order valence-electron chi connectivity index (χ3n) is 9.61. The summed E-state index contributed by atoms with van der Waals surface area (Å²) in [6.07, 6.45) is 32.7. The Labute approximate surface area is 349 Å². The summed E-state index contributed by atoms with van der Waals surface area (Å²) in [5.74, 6) is -2.06. The SMILES string of the molecule is CC/C=C\C/C=C\C/C=C\C/C=C\C/C=C\CCCC(=O)OCC(CO[C@H]1OC(CS(=O)(=O)O)[C@@H](O)C(O)C1O)OC(=O)CCCCCCCCCCCCCCC. The molecular formula is C45H76O12S. The lowest BCUT2D eigenvalue weighted by molar-refractivity contribution is -0.297. The topological polar surface area (TPSA) is 186 Å². The summed E-state index contributed by atoms with van der Waals surface area (Å²) in [6, 6.07) is 0. The van der Waals surface area contributed by atoms with Crippen molar-refractivity contribution in [2.75, 3.05) is 19.0 Å². The maximum absolute atomic E-state index is 12.8. The van der Waals surface area contributed by atoms with Gasteiger partial charge in [-0.15, -0.1) is 0 Å². The molecule has 1 heterocycles. The maximum Gasteiger partial charge on any atom is 0.306 e. The van der Waals surface area contributed by atoms with E-state index in [1.807, 2.05) is 12.2 Å². The number of hydrogen-bond acceptors (Lipinski definition) is 11. The van der Waals surface area contributed by atoms with Crippen molar-refractivity contribution in [1.29, 1.82) is 0 Å². The number of allylic oxidation sites excluding steroid dienone is 10. The lowest BCUT2D eigenvalue weighted by Crippen LogP contribution is -2.60. The Morgan fingerprint density at radius 2 is 1.09 bits per heavy atom. The number of unbranched alkanes of at least 4 members (excludes halogenated alkanes) is 13. The molecule has 1 aliphatic heterocycles. The number of aliphatic hydroxyl groups is 3. The molecule has 0 aromatic rings. The van der Waals surface area contributed by atoms with E-state index < -0.39 is 71.2 Å².